The fourth-order valence-corrected chi connectivity index (χ4v) is 3.25. The van der Waals surface area contributed by atoms with Crippen molar-refractivity contribution in [1.82, 2.24) is 4.98 Å². The number of nitrogens with zero attached hydrogens (tertiary/aromatic N) is 3. The first kappa shape index (κ1) is 17.0. The number of non-ortho nitro benzene ring substituents is 1. The van der Waals surface area contributed by atoms with E-state index < -0.39 is 4.92 Å². The Bertz CT molecular complexity index is 1000. The zero-order valence-corrected chi connectivity index (χ0v) is 15.1. The highest BCUT2D eigenvalue weighted by Crippen LogP contribution is 2.28. The van der Waals surface area contributed by atoms with Crippen molar-refractivity contribution >= 4 is 44.6 Å². The van der Waals surface area contributed by atoms with Crippen LogP contribution in [0.15, 0.2) is 58.4 Å². The first-order valence-electron chi connectivity index (χ1n) is 7.15. The van der Waals surface area contributed by atoms with Crippen molar-refractivity contribution in [3.05, 3.63) is 79.1 Å². The SMILES string of the molecule is N#C/C(=C/c1cccc([N+](=O)[O-])c1)c1nc(-c2ccc(Br)cc2)cs1. The average molecular weight is 412 g/mol. The monoisotopic (exact) mass is 411 g/mol. The Hall–Kier alpha value is -2.82. The van der Waals surface area contributed by atoms with Gasteiger partial charge in [-0.2, -0.15) is 5.26 Å². The Labute approximate surface area is 156 Å². The molecule has 25 heavy (non-hydrogen) atoms. The highest BCUT2D eigenvalue weighted by Gasteiger charge is 2.10. The summed E-state index contributed by atoms with van der Waals surface area (Å²) in [4.78, 5) is 14.9. The zero-order chi connectivity index (χ0) is 17.8. The number of nitriles is 1. The zero-order valence-electron chi connectivity index (χ0n) is 12.7. The minimum absolute atomic E-state index is 0.0132. The van der Waals surface area contributed by atoms with E-state index in [1.807, 2.05) is 29.6 Å². The summed E-state index contributed by atoms with van der Waals surface area (Å²) in [6.07, 6.45) is 1.61. The molecule has 0 aliphatic heterocycles. The summed E-state index contributed by atoms with van der Waals surface area (Å²) in [6, 6.07) is 16.0. The van der Waals surface area contributed by atoms with E-state index in [1.54, 1.807) is 18.2 Å². The maximum atomic E-state index is 10.9. The predicted molar refractivity (Wildman–Crippen MR) is 102 cm³/mol. The summed E-state index contributed by atoms with van der Waals surface area (Å²) < 4.78 is 0.981. The summed E-state index contributed by atoms with van der Waals surface area (Å²) >= 11 is 4.76. The van der Waals surface area contributed by atoms with Crippen LogP contribution in [0.5, 0.6) is 0 Å². The summed E-state index contributed by atoms with van der Waals surface area (Å²) in [5.74, 6) is 0. The molecule has 1 aromatic heterocycles. The molecule has 0 saturated carbocycles. The van der Waals surface area contributed by atoms with E-state index in [-0.39, 0.29) is 5.69 Å². The van der Waals surface area contributed by atoms with E-state index in [1.165, 1.54) is 23.5 Å². The van der Waals surface area contributed by atoms with Gasteiger partial charge in [-0.3, -0.25) is 10.1 Å². The van der Waals surface area contributed by atoms with Gasteiger partial charge in [-0.15, -0.1) is 11.3 Å². The Kier molecular flexibility index (Phi) is 5.03. The number of hydrogen-bond donors (Lipinski definition) is 0. The third-order valence-corrected chi connectivity index (χ3v) is 4.79. The maximum Gasteiger partial charge on any atom is 0.270 e. The number of hydrogen-bond acceptors (Lipinski definition) is 5. The first-order valence-corrected chi connectivity index (χ1v) is 8.82. The Morgan fingerprint density at radius 2 is 2.04 bits per heavy atom. The maximum absolute atomic E-state index is 10.9. The molecule has 5 nitrogen and oxygen atoms in total. The van der Waals surface area contributed by atoms with Crippen LogP contribution in [-0.2, 0) is 0 Å². The van der Waals surface area contributed by atoms with Crippen LogP contribution in [0.25, 0.3) is 22.9 Å². The van der Waals surface area contributed by atoms with Gasteiger partial charge in [0.1, 0.15) is 11.1 Å². The smallest absolute Gasteiger partial charge is 0.258 e. The van der Waals surface area contributed by atoms with Crippen LogP contribution in [0.1, 0.15) is 10.6 Å². The van der Waals surface area contributed by atoms with Gasteiger partial charge in [-0.25, -0.2) is 4.98 Å². The van der Waals surface area contributed by atoms with Crippen molar-refractivity contribution in [2.45, 2.75) is 0 Å². The van der Waals surface area contributed by atoms with Gasteiger partial charge in [-0.05, 0) is 23.8 Å². The lowest BCUT2D eigenvalue weighted by Gasteiger charge is -1.98. The lowest BCUT2D eigenvalue weighted by molar-refractivity contribution is -0.384. The molecule has 0 aliphatic carbocycles. The van der Waals surface area contributed by atoms with Crippen molar-refractivity contribution < 1.29 is 4.92 Å². The van der Waals surface area contributed by atoms with Gasteiger partial charge in [-0.1, -0.05) is 40.2 Å². The van der Waals surface area contributed by atoms with Crippen molar-refractivity contribution in [2.24, 2.45) is 0 Å². The number of nitro benzene ring substituents is 1. The third kappa shape index (κ3) is 3.99. The number of thiazole rings is 1. The molecular weight excluding hydrogens is 402 g/mol. The number of halogens is 1. The molecule has 3 aromatic rings. The van der Waals surface area contributed by atoms with Gasteiger partial charge >= 0.3 is 0 Å². The van der Waals surface area contributed by atoms with Gasteiger partial charge in [0, 0.05) is 27.5 Å². The normalized spacial score (nSPS) is 11.1. The van der Waals surface area contributed by atoms with E-state index in [9.17, 15) is 15.4 Å². The van der Waals surface area contributed by atoms with Crippen LogP contribution in [0.3, 0.4) is 0 Å². The minimum atomic E-state index is -0.460. The van der Waals surface area contributed by atoms with Gasteiger partial charge in [0.25, 0.3) is 5.69 Å². The van der Waals surface area contributed by atoms with E-state index in [0.29, 0.717) is 16.1 Å². The Balaban J connectivity index is 1.94. The Morgan fingerprint density at radius 3 is 2.72 bits per heavy atom. The van der Waals surface area contributed by atoms with E-state index >= 15 is 0 Å². The fourth-order valence-electron chi connectivity index (χ4n) is 2.19. The van der Waals surface area contributed by atoms with Crippen LogP contribution in [0.2, 0.25) is 0 Å². The molecular formula is C18H10BrN3O2S. The molecule has 122 valence electrons. The summed E-state index contributed by atoms with van der Waals surface area (Å²) in [6.45, 7) is 0. The van der Waals surface area contributed by atoms with Crippen molar-refractivity contribution in [3.63, 3.8) is 0 Å². The second-order valence-corrected chi connectivity index (χ2v) is 6.84. The highest BCUT2D eigenvalue weighted by atomic mass is 79.9. The number of allylic oxidation sites excluding steroid dienone is 1. The van der Waals surface area contributed by atoms with E-state index in [0.717, 1.165) is 15.7 Å². The largest absolute Gasteiger partial charge is 0.270 e. The van der Waals surface area contributed by atoms with E-state index in [4.69, 9.17) is 0 Å². The van der Waals surface area contributed by atoms with Crippen molar-refractivity contribution in [1.29, 1.82) is 5.26 Å². The van der Waals surface area contributed by atoms with Crippen LogP contribution >= 0.6 is 27.3 Å². The number of benzene rings is 2. The molecule has 0 saturated heterocycles. The van der Waals surface area contributed by atoms with Crippen LogP contribution in [0, 0.1) is 21.4 Å². The standard InChI is InChI=1S/C18H10BrN3O2S/c19-15-6-4-13(5-7-15)17-11-25-18(21-17)14(10-20)8-12-2-1-3-16(9-12)22(23)24/h1-9,11H/b14-8-. The van der Waals surface area contributed by atoms with Crippen molar-refractivity contribution in [3.8, 4) is 17.3 Å². The van der Waals surface area contributed by atoms with Crippen molar-refractivity contribution in [2.75, 3.05) is 0 Å². The molecule has 0 unspecified atom stereocenters. The molecule has 0 atom stereocenters. The molecule has 0 fully saturated rings. The van der Waals surface area contributed by atoms with Gasteiger partial charge < -0.3 is 0 Å². The molecule has 0 spiro atoms. The van der Waals surface area contributed by atoms with Gasteiger partial charge in [0.15, 0.2) is 0 Å². The predicted octanol–water partition coefficient (Wildman–Crippen LogP) is 5.54. The first-order chi connectivity index (χ1) is 12.1. The molecule has 2 aromatic carbocycles. The molecule has 0 amide bonds. The molecule has 0 bridgehead atoms. The second-order valence-electron chi connectivity index (χ2n) is 5.07. The summed E-state index contributed by atoms with van der Waals surface area (Å²) in [7, 11) is 0. The van der Waals surface area contributed by atoms with Crippen LogP contribution < -0.4 is 0 Å². The second kappa shape index (κ2) is 7.38. The third-order valence-electron chi connectivity index (χ3n) is 3.39. The molecule has 1 heterocycles. The Morgan fingerprint density at radius 1 is 1.28 bits per heavy atom. The number of aromatic nitrogens is 1. The number of rotatable bonds is 4. The van der Waals surface area contributed by atoms with Gasteiger partial charge in [0.2, 0.25) is 0 Å². The minimum Gasteiger partial charge on any atom is -0.258 e. The number of nitro groups is 1. The molecule has 0 aliphatic rings. The van der Waals surface area contributed by atoms with Crippen LogP contribution in [-0.4, -0.2) is 9.91 Å². The lowest BCUT2D eigenvalue weighted by Crippen LogP contribution is -1.88. The van der Waals surface area contributed by atoms with E-state index in [2.05, 4.69) is 27.0 Å². The molecule has 7 heteroatoms. The summed E-state index contributed by atoms with van der Waals surface area (Å²) in [5.41, 5.74) is 2.69. The molecule has 3 rings (SSSR count). The lowest BCUT2D eigenvalue weighted by atomic mass is 10.1. The molecule has 0 radical (unpaired) electrons. The quantitative estimate of drug-likeness (QED) is 0.320. The fraction of sp³-hybridized carbons (Fsp3) is 0. The van der Waals surface area contributed by atoms with Gasteiger partial charge in [0.05, 0.1) is 16.2 Å². The van der Waals surface area contributed by atoms with Crippen LogP contribution in [0.4, 0.5) is 5.69 Å². The highest BCUT2D eigenvalue weighted by molar-refractivity contribution is 9.10. The molecule has 0 N–H and O–H groups in total. The summed E-state index contributed by atoms with van der Waals surface area (Å²) in [5, 5.41) is 22.8. The topological polar surface area (TPSA) is 79.8 Å². The average Bonchev–Trinajstić information content (AvgIpc) is 3.10.